The summed E-state index contributed by atoms with van der Waals surface area (Å²) in [4.78, 5) is 64.8. The fourth-order valence-electron chi connectivity index (χ4n) is 5.41. The molecule has 0 aliphatic heterocycles. The van der Waals surface area contributed by atoms with Crippen molar-refractivity contribution in [2.75, 3.05) is 11.5 Å². The highest BCUT2D eigenvalue weighted by atomic mass is 16.2. The molecule has 0 aliphatic carbocycles. The lowest BCUT2D eigenvalue weighted by Gasteiger charge is -2.07. The SMILES string of the molecule is CCCCCCCC(=O)CCCCCCn1c(=O)c2c(N)c3c(=O)c4ccccc4c(=O)c3c(N)c2c1=O. The van der Waals surface area contributed by atoms with Gasteiger partial charge in [-0.25, -0.2) is 0 Å². The van der Waals surface area contributed by atoms with Crippen LogP contribution in [0.4, 0.5) is 11.4 Å². The van der Waals surface area contributed by atoms with Gasteiger partial charge in [0.1, 0.15) is 5.78 Å². The molecule has 8 heteroatoms. The number of unbranched alkanes of at least 4 members (excludes halogenated alkanes) is 7. The van der Waals surface area contributed by atoms with Crippen LogP contribution in [0.25, 0.3) is 32.3 Å². The summed E-state index contributed by atoms with van der Waals surface area (Å²) in [7, 11) is 0. The predicted molar refractivity (Wildman–Crippen MR) is 155 cm³/mol. The van der Waals surface area contributed by atoms with Crippen molar-refractivity contribution in [3.05, 3.63) is 65.4 Å². The molecule has 3 aromatic carbocycles. The van der Waals surface area contributed by atoms with Crippen LogP contribution in [-0.4, -0.2) is 10.4 Å². The number of benzene rings is 3. The summed E-state index contributed by atoms with van der Waals surface area (Å²) >= 11 is 0. The second kappa shape index (κ2) is 11.7. The molecule has 4 N–H and O–H groups in total. The molecule has 0 amide bonds. The lowest BCUT2D eigenvalue weighted by atomic mass is 9.97. The van der Waals surface area contributed by atoms with Crippen LogP contribution in [0, 0.1) is 0 Å². The van der Waals surface area contributed by atoms with Gasteiger partial charge in [-0.2, -0.15) is 0 Å². The van der Waals surface area contributed by atoms with Crippen LogP contribution in [-0.2, 0) is 11.3 Å². The molecule has 8 nitrogen and oxygen atoms in total. The van der Waals surface area contributed by atoms with Crippen LogP contribution in [0.2, 0.25) is 0 Å². The van der Waals surface area contributed by atoms with Gasteiger partial charge in [0.25, 0.3) is 11.1 Å². The van der Waals surface area contributed by atoms with E-state index in [4.69, 9.17) is 11.5 Å². The highest BCUT2D eigenvalue weighted by molar-refractivity contribution is 6.20. The fraction of sp³-hybridized carbons (Fsp3) is 0.433. The van der Waals surface area contributed by atoms with Crippen molar-refractivity contribution in [2.45, 2.75) is 84.1 Å². The Bertz CT molecular complexity index is 1600. The van der Waals surface area contributed by atoms with Crippen molar-refractivity contribution < 1.29 is 4.79 Å². The van der Waals surface area contributed by atoms with Crippen molar-refractivity contribution >= 4 is 49.5 Å². The highest BCUT2D eigenvalue weighted by Crippen LogP contribution is 2.31. The van der Waals surface area contributed by atoms with E-state index in [2.05, 4.69) is 6.92 Å². The third kappa shape index (κ3) is 4.99. The summed E-state index contributed by atoms with van der Waals surface area (Å²) in [5, 5.41) is -0.0297. The first-order valence-electron chi connectivity index (χ1n) is 13.6. The smallest absolute Gasteiger partial charge is 0.263 e. The standard InChI is InChI=1S/C30H35N3O5/c1-2-3-4-5-8-13-18(34)14-9-6-7-12-17-33-29(37)23-24(30(33)38)26(32)22-21(25(23)31)27(35)19-15-10-11-16-20(19)28(22)36/h10-11,15-16H,2-9,12-14,17,31-32H2,1H3. The number of Topliss-reactive ketones (excluding diaryl/α,β-unsaturated/α-hetero) is 1. The number of rotatable bonds is 13. The van der Waals surface area contributed by atoms with Crippen molar-refractivity contribution in [2.24, 2.45) is 0 Å². The molecule has 200 valence electrons. The minimum atomic E-state index is -0.602. The second-order valence-electron chi connectivity index (χ2n) is 10.2. The lowest BCUT2D eigenvalue weighted by molar-refractivity contribution is -0.119. The molecule has 0 radical (unpaired) electrons. The Morgan fingerprint density at radius 1 is 0.658 bits per heavy atom. The highest BCUT2D eigenvalue weighted by Gasteiger charge is 2.25. The van der Waals surface area contributed by atoms with Crippen LogP contribution in [0.5, 0.6) is 0 Å². The molecule has 0 aliphatic rings. The molecule has 1 heterocycles. The van der Waals surface area contributed by atoms with E-state index >= 15 is 0 Å². The maximum Gasteiger partial charge on any atom is 0.263 e. The van der Waals surface area contributed by atoms with Crippen LogP contribution in [0.3, 0.4) is 0 Å². The lowest BCUT2D eigenvalue weighted by Crippen LogP contribution is -2.25. The van der Waals surface area contributed by atoms with Crippen LogP contribution in [0.1, 0.15) is 77.6 Å². The van der Waals surface area contributed by atoms with Gasteiger partial charge in [0.2, 0.25) is 0 Å². The molecule has 0 atom stereocenters. The summed E-state index contributed by atoms with van der Waals surface area (Å²) in [5.74, 6) is 0.294. The largest absolute Gasteiger partial charge is 0.397 e. The van der Waals surface area contributed by atoms with Gasteiger partial charge < -0.3 is 11.5 Å². The first kappa shape index (κ1) is 27.2. The number of hydrogen-bond donors (Lipinski definition) is 2. The van der Waals surface area contributed by atoms with Crippen LogP contribution in [0.15, 0.2) is 43.4 Å². The zero-order valence-electron chi connectivity index (χ0n) is 21.9. The first-order valence-corrected chi connectivity index (χ1v) is 13.6. The Kier molecular flexibility index (Phi) is 8.39. The Balaban J connectivity index is 1.50. The zero-order chi connectivity index (χ0) is 27.4. The number of nitrogens with two attached hydrogens (primary N) is 2. The Morgan fingerprint density at radius 2 is 1.11 bits per heavy atom. The molecule has 4 aromatic rings. The summed E-state index contributed by atoms with van der Waals surface area (Å²) < 4.78 is 1.09. The van der Waals surface area contributed by atoms with E-state index in [1.54, 1.807) is 12.1 Å². The van der Waals surface area contributed by atoms with E-state index in [1.165, 1.54) is 31.4 Å². The van der Waals surface area contributed by atoms with E-state index in [1.807, 2.05) is 0 Å². The monoisotopic (exact) mass is 517 g/mol. The molecule has 0 saturated heterocycles. The summed E-state index contributed by atoms with van der Waals surface area (Å²) in [6.07, 6.45) is 9.78. The Morgan fingerprint density at radius 3 is 1.58 bits per heavy atom. The quantitative estimate of drug-likeness (QED) is 0.116. The molecule has 0 fully saturated rings. The van der Waals surface area contributed by atoms with E-state index < -0.39 is 22.0 Å². The predicted octanol–water partition coefficient (Wildman–Crippen LogP) is 4.31. The van der Waals surface area contributed by atoms with Crippen molar-refractivity contribution in [3.63, 3.8) is 0 Å². The molecule has 0 spiro atoms. The number of fused-ring (bicyclic) bond motifs is 3. The van der Waals surface area contributed by atoms with Gasteiger partial charge in [0, 0.05) is 30.2 Å². The number of aromatic nitrogens is 1. The van der Waals surface area contributed by atoms with E-state index in [0.717, 1.165) is 36.7 Å². The van der Waals surface area contributed by atoms with Gasteiger partial charge in [-0.3, -0.25) is 28.5 Å². The van der Waals surface area contributed by atoms with Crippen molar-refractivity contribution in [1.29, 1.82) is 0 Å². The Hall–Kier alpha value is -3.81. The molecule has 38 heavy (non-hydrogen) atoms. The van der Waals surface area contributed by atoms with E-state index in [-0.39, 0.29) is 50.2 Å². The topological polar surface area (TPSA) is 142 Å². The molecule has 0 bridgehead atoms. The summed E-state index contributed by atoms with van der Waals surface area (Å²) in [6.45, 7) is 2.34. The second-order valence-corrected chi connectivity index (χ2v) is 10.2. The van der Waals surface area contributed by atoms with Crippen LogP contribution >= 0.6 is 0 Å². The first-order chi connectivity index (χ1) is 18.3. The minimum Gasteiger partial charge on any atom is -0.397 e. The average molecular weight is 518 g/mol. The third-order valence-electron chi connectivity index (χ3n) is 7.51. The molecular weight excluding hydrogens is 482 g/mol. The number of carbonyl (C=O) groups excluding carboxylic acids is 1. The van der Waals surface area contributed by atoms with Crippen molar-refractivity contribution in [3.8, 4) is 0 Å². The minimum absolute atomic E-state index is 0.101. The maximum absolute atomic E-state index is 13.2. The zero-order valence-corrected chi connectivity index (χ0v) is 21.9. The van der Waals surface area contributed by atoms with Gasteiger partial charge in [0.05, 0.1) is 32.9 Å². The maximum atomic E-state index is 13.2. The number of nitrogens with zero attached hydrogens (tertiary/aromatic N) is 1. The molecule has 0 saturated carbocycles. The Labute approximate surface area is 219 Å². The van der Waals surface area contributed by atoms with Gasteiger partial charge in [0.15, 0.2) is 10.9 Å². The normalized spacial score (nSPS) is 11.7. The summed E-state index contributed by atoms with van der Waals surface area (Å²) in [5.41, 5.74) is 10.0. The summed E-state index contributed by atoms with van der Waals surface area (Å²) in [6, 6.07) is 6.34. The number of carbonyl (C=O) groups is 1. The van der Waals surface area contributed by atoms with Gasteiger partial charge in [-0.1, -0.05) is 69.7 Å². The van der Waals surface area contributed by atoms with Gasteiger partial charge in [-0.05, 0) is 19.3 Å². The third-order valence-corrected chi connectivity index (χ3v) is 7.51. The molecule has 4 rings (SSSR count). The number of ketones is 1. The van der Waals surface area contributed by atoms with Gasteiger partial charge >= 0.3 is 0 Å². The fourth-order valence-corrected chi connectivity index (χ4v) is 5.41. The van der Waals surface area contributed by atoms with E-state index in [0.29, 0.717) is 25.0 Å². The molecule has 1 aromatic heterocycles. The average Bonchev–Trinajstić information content (AvgIpc) is 3.16. The van der Waals surface area contributed by atoms with Gasteiger partial charge in [-0.15, -0.1) is 0 Å². The number of nitrogen functional groups attached to an aromatic ring is 2. The van der Waals surface area contributed by atoms with Crippen LogP contribution < -0.4 is 33.4 Å². The van der Waals surface area contributed by atoms with Crippen molar-refractivity contribution in [1.82, 2.24) is 4.57 Å². The molecular formula is C30H35N3O5. The van der Waals surface area contributed by atoms with E-state index in [9.17, 15) is 24.0 Å². The molecule has 0 unspecified atom stereocenters. The number of hydrogen-bond acceptors (Lipinski definition) is 7. The number of anilines is 2.